The van der Waals surface area contributed by atoms with Crippen LogP contribution in [-0.2, 0) is 16.1 Å². The average Bonchev–Trinajstić information content (AvgIpc) is 2.47. The summed E-state index contributed by atoms with van der Waals surface area (Å²) in [5, 5.41) is 0. The van der Waals surface area contributed by atoms with E-state index in [4.69, 9.17) is 4.74 Å². The second kappa shape index (κ2) is 7.74. The van der Waals surface area contributed by atoms with Crippen molar-refractivity contribution in [3.05, 3.63) is 35.9 Å². The lowest BCUT2D eigenvalue weighted by Gasteiger charge is -2.32. The van der Waals surface area contributed by atoms with Crippen LogP contribution in [0, 0.1) is 0 Å². The number of hydrogen-bond acceptors (Lipinski definition) is 3. The van der Waals surface area contributed by atoms with Crippen LogP contribution < -0.4 is 0 Å². The molecular formula is C16H20F3NO2. The van der Waals surface area contributed by atoms with Gasteiger partial charge in [-0.1, -0.05) is 30.3 Å². The van der Waals surface area contributed by atoms with Crippen molar-refractivity contribution in [2.45, 2.75) is 38.1 Å². The lowest BCUT2D eigenvalue weighted by atomic mass is 10.1. The predicted molar refractivity (Wildman–Crippen MR) is 76.4 cm³/mol. The molecule has 1 aliphatic heterocycles. The summed E-state index contributed by atoms with van der Waals surface area (Å²) in [6.45, 7) is 2.32. The summed E-state index contributed by atoms with van der Waals surface area (Å²) in [6.07, 6.45) is -5.97. The zero-order valence-electron chi connectivity index (χ0n) is 12.3. The number of Topliss-reactive ketones (excluding diaryl/α,β-unsaturated/α-hetero) is 1. The van der Waals surface area contributed by atoms with E-state index in [-0.39, 0.29) is 18.6 Å². The number of ketones is 1. The highest BCUT2D eigenvalue weighted by molar-refractivity contribution is 5.83. The Bertz CT molecular complexity index is 476. The lowest BCUT2D eigenvalue weighted by Crippen LogP contribution is -2.45. The maximum atomic E-state index is 12.1. The molecule has 0 spiro atoms. The largest absolute Gasteiger partial charge is 0.389 e. The van der Waals surface area contributed by atoms with Crippen LogP contribution in [-0.4, -0.2) is 42.7 Å². The molecule has 1 aromatic rings. The molecule has 0 saturated carbocycles. The number of carbonyl (C=O) groups excluding carboxylic acids is 1. The van der Waals surface area contributed by atoms with Gasteiger partial charge in [-0.3, -0.25) is 9.69 Å². The minimum absolute atomic E-state index is 0.0800. The molecule has 1 unspecified atom stereocenters. The van der Waals surface area contributed by atoms with Crippen LogP contribution in [0.2, 0.25) is 0 Å². The van der Waals surface area contributed by atoms with Crippen molar-refractivity contribution in [2.24, 2.45) is 0 Å². The van der Waals surface area contributed by atoms with Gasteiger partial charge in [0.05, 0.1) is 6.61 Å². The van der Waals surface area contributed by atoms with Gasteiger partial charge in [-0.2, -0.15) is 13.2 Å². The Labute approximate surface area is 128 Å². The highest BCUT2D eigenvalue weighted by Gasteiger charge is 2.29. The predicted octanol–water partition coefficient (Wildman–Crippen LogP) is 3.19. The SMILES string of the molecule is O=C(CCCC(F)(F)F)C1CN(Cc2ccccc2)CCO1. The Morgan fingerprint density at radius 3 is 2.68 bits per heavy atom. The molecule has 22 heavy (non-hydrogen) atoms. The Balaban J connectivity index is 1.78. The molecule has 1 heterocycles. The van der Waals surface area contributed by atoms with Gasteiger partial charge in [-0.15, -0.1) is 0 Å². The van der Waals surface area contributed by atoms with Crippen LogP contribution in [0.15, 0.2) is 30.3 Å². The summed E-state index contributed by atoms with van der Waals surface area (Å²) in [5.74, 6) is -0.234. The number of hydrogen-bond donors (Lipinski definition) is 0. The van der Waals surface area contributed by atoms with E-state index in [1.165, 1.54) is 0 Å². The fourth-order valence-corrected chi connectivity index (χ4v) is 2.51. The molecule has 0 N–H and O–H groups in total. The monoisotopic (exact) mass is 315 g/mol. The van der Waals surface area contributed by atoms with E-state index < -0.39 is 18.7 Å². The summed E-state index contributed by atoms with van der Waals surface area (Å²) in [5.41, 5.74) is 1.15. The summed E-state index contributed by atoms with van der Waals surface area (Å²) < 4.78 is 41.7. The van der Waals surface area contributed by atoms with Crippen LogP contribution in [0.3, 0.4) is 0 Å². The number of carbonyl (C=O) groups is 1. The molecule has 1 atom stereocenters. The summed E-state index contributed by atoms with van der Waals surface area (Å²) in [7, 11) is 0. The topological polar surface area (TPSA) is 29.5 Å². The zero-order chi connectivity index (χ0) is 16.0. The number of halogens is 3. The summed E-state index contributed by atoms with van der Waals surface area (Å²) >= 11 is 0. The minimum Gasteiger partial charge on any atom is -0.368 e. The Morgan fingerprint density at radius 2 is 2.00 bits per heavy atom. The fraction of sp³-hybridized carbons (Fsp3) is 0.562. The molecule has 0 bridgehead atoms. The molecule has 2 rings (SSSR count). The van der Waals surface area contributed by atoms with E-state index in [9.17, 15) is 18.0 Å². The highest BCUT2D eigenvalue weighted by atomic mass is 19.4. The van der Waals surface area contributed by atoms with Crippen LogP contribution in [0.25, 0.3) is 0 Å². The lowest BCUT2D eigenvalue weighted by molar-refractivity contribution is -0.142. The molecule has 0 radical (unpaired) electrons. The molecular weight excluding hydrogens is 295 g/mol. The molecule has 1 aliphatic rings. The van der Waals surface area contributed by atoms with Gasteiger partial charge in [0.2, 0.25) is 0 Å². The maximum absolute atomic E-state index is 12.1. The Hall–Kier alpha value is -1.40. The van der Waals surface area contributed by atoms with Crippen molar-refractivity contribution >= 4 is 5.78 Å². The van der Waals surface area contributed by atoms with Crippen LogP contribution in [0.1, 0.15) is 24.8 Å². The van der Waals surface area contributed by atoms with E-state index in [1.54, 1.807) is 0 Å². The Morgan fingerprint density at radius 1 is 1.27 bits per heavy atom. The van der Waals surface area contributed by atoms with Gasteiger partial charge in [0.25, 0.3) is 0 Å². The van der Waals surface area contributed by atoms with Crippen LogP contribution in [0.4, 0.5) is 13.2 Å². The highest BCUT2D eigenvalue weighted by Crippen LogP contribution is 2.23. The number of benzene rings is 1. The third-order valence-electron chi connectivity index (χ3n) is 3.64. The zero-order valence-corrected chi connectivity index (χ0v) is 12.3. The molecule has 1 fully saturated rings. The van der Waals surface area contributed by atoms with E-state index in [1.807, 2.05) is 30.3 Å². The van der Waals surface area contributed by atoms with Crippen molar-refractivity contribution in [1.29, 1.82) is 0 Å². The van der Waals surface area contributed by atoms with Crippen LogP contribution >= 0.6 is 0 Å². The molecule has 0 aromatic heterocycles. The Kier molecular flexibility index (Phi) is 5.97. The van der Waals surface area contributed by atoms with Crippen molar-refractivity contribution in [1.82, 2.24) is 4.90 Å². The maximum Gasteiger partial charge on any atom is 0.389 e. The molecule has 1 saturated heterocycles. The van der Waals surface area contributed by atoms with Gasteiger partial charge in [0.15, 0.2) is 5.78 Å². The first-order valence-electron chi connectivity index (χ1n) is 7.41. The van der Waals surface area contributed by atoms with E-state index in [2.05, 4.69) is 4.90 Å². The van der Waals surface area contributed by atoms with Gasteiger partial charge in [0.1, 0.15) is 6.10 Å². The van der Waals surface area contributed by atoms with Gasteiger partial charge in [0, 0.05) is 32.5 Å². The second-order valence-electron chi connectivity index (χ2n) is 5.52. The molecule has 122 valence electrons. The fourth-order valence-electron chi connectivity index (χ4n) is 2.51. The standard InChI is InChI=1S/C16H20F3NO2/c17-16(18,19)8-4-7-14(21)15-12-20(9-10-22-15)11-13-5-2-1-3-6-13/h1-3,5-6,15H,4,7-12H2. The first kappa shape index (κ1) is 17.0. The van der Waals surface area contributed by atoms with Gasteiger partial charge >= 0.3 is 6.18 Å². The normalized spacial score (nSPS) is 20.0. The number of morpholine rings is 1. The van der Waals surface area contributed by atoms with Crippen LogP contribution in [0.5, 0.6) is 0 Å². The smallest absolute Gasteiger partial charge is 0.368 e. The van der Waals surface area contributed by atoms with E-state index in [0.29, 0.717) is 13.2 Å². The average molecular weight is 315 g/mol. The quantitative estimate of drug-likeness (QED) is 0.807. The van der Waals surface area contributed by atoms with E-state index >= 15 is 0 Å². The first-order valence-corrected chi connectivity index (χ1v) is 7.41. The minimum atomic E-state index is -4.20. The number of ether oxygens (including phenoxy) is 1. The third-order valence-corrected chi connectivity index (χ3v) is 3.64. The third kappa shape index (κ3) is 5.77. The van der Waals surface area contributed by atoms with Crippen molar-refractivity contribution in [3.63, 3.8) is 0 Å². The summed E-state index contributed by atoms with van der Waals surface area (Å²) in [6, 6.07) is 9.87. The molecule has 6 heteroatoms. The molecule has 0 amide bonds. The number of nitrogens with zero attached hydrogens (tertiary/aromatic N) is 1. The first-order chi connectivity index (χ1) is 10.4. The van der Waals surface area contributed by atoms with Crippen molar-refractivity contribution in [3.8, 4) is 0 Å². The molecule has 3 nitrogen and oxygen atoms in total. The van der Waals surface area contributed by atoms with E-state index in [0.717, 1.165) is 18.7 Å². The van der Waals surface area contributed by atoms with Crippen molar-refractivity contribution in [2.75, 3.05) is 19.7 Å². The van der Waals surface area contributed by atoms with Gasteiger partial charge < -0.3 is 4.74 Å². The number of alkyl halides is 3. The molecule has 1 aromatic carbocycles. The second-order valence-corrected chi connectivity index (χ2v) is 5.52. The van der Waals surface area contributed by atoms with Gasteiger partial charge in [-0.25, -0.2) is 0 Å². The summed E-state index contributed by atoms with van der Waals surface area (Å²) in [4.78, 5) is 14.1. The molecule has 0 aliphatic carbocycles. The number of rotatable bonds is 6. The van der Waals surface area contributed by atoms with Gasteiger partial charge in [-0.05, 0) is 12.0 Å². The van der Waals surface area contributed by atoms with Crippen molar-refractivity contribution < 1.29 is 22.7 Å².